The molecule has 1 atom stereocenters. The Kier molecular flexibility index (Phi) is 5.86. The van der Waals surface area contributed by atoms with Crippen LogP contribution < -0.4 is 14.9 Å². The normalized spacial score (nSPS) is 19.9. The molecule has 1 heterocycles. The number of carbonyl (C=O) groups is 2. The van der Waals surface area contributed by atoms with Gasteiger partial charge in [-0.25, -0.2) is 13.1 Å². The van der Waals surface area contributed by atoms with Crippen LogP contribution in [0, 0.1) is 0 Å². The minimum atomic E-state index is -3.69. The molecule has 1 aromatic rings. The summed E-state index contributed by atoms with van der Waals surface area (Å²) in [5.41, 5.74) is 1.62. The lowest BCUT2D eigenvalue weighted by Crippen LogP contribution is -2.35. The second kappa shape index (κ2) is 7.98. The van der Waals surface area contributed by atoms with Crippen molar-refractivity contribution in [2.45, 2.75) is 69.4 Å². The Morgan fingerprint density at radius 2 is 1.93 bits per heavy atom. The summed E-state index contributed by atoms with van der Waals surface area (Å²) in [6, 6.07) is 5.06. The van der Waals surface area contributed by atoms with Gasteiger partial charge in [-0.15, -0.1) is 0 Å². The summed E-state index contributed by atoms with van der Waals surface area (Å²) >= 11 is 0. The van der Waals surface area contributed by atoms with Gasteiger partial charge in [0.1, 0.15) is 0 Å². The first-order valence-electron chi connectivity index (χ1n) is 9.49. The summed E-state index contributed by atoms with van der Waals surface area (Å²) in [6.07, 6.45) is 5.02. The molecule has 1 fully saturated rings. The molecule has 2 aliphatic rings. The van der Waals surface area contributed by atoms with Crippen LogP contribution in [0.15, 0.2) is 23.1 Å². The maximum absolute atomic E-state index is 12.5. The second-order valence-corrected chi connectivity index (χ2v) is 9.20. The van der Waals surface area contributed by atoms with Crippen LogP contribution in [0.4, 0.5) is 5.69 Å². The first-order valence-corrected chi connectivity index (χ1v) is 11.0. The standard InChI is InChI=1S/C19H27N3O4S/c1-13-11-15-12-17(7-8-18(15)22(13)14(2)23)27(25,26)20-10-9-19(24)21-16-5-3-4-6-16/h7-8,12-13,16,20H,3-6,9-11H2,1-2H3,(H,21,24)/t13-/m1/s1. The van der Waals surface area contributed by atoms with Crippen molar-refractivity contribution in [3.63, 3.8) is 0 Å². The topological polar surface area (TPSA) is 95.6 Å². The molecule has 7 nitrogen and oxygen atoms in total. The van der Waals surface area contributed by atoms with E-state index in [1.54, 1.807) is 17.0 Å². The Labute approximate surface area is 160 Å². The molecule has 27 heavy (non-hydrogen) atoms. The Hall–Kier alpha value is -1.93. The van der Waals surface area contributed by atoms with Crippen LogP contribution >= 0.6 is 0 Å². The maximum Gasteiger partial charge on any atom is 0.240 e. The van der Waals surface area contributed by atoms with Crippen LogP contribution in [0.3, 0.4) is 0 Å². The molecule has 0 spiro atoms. The van der Waals surface area contributed by atoms with Crippen molar-refractivity contribution in [1.82, 2.24) is 10.0 Å². The van der Waals surface area contributed by atoms with Crippen LogP contribution in [0.25, 0.3) is 0 Å². The number of hydrogen-bond acceptors (Lipinski definition) is 4. The van der Waals surface area contributed by atoms with E-state index in [1.807, 2.05) is 6.92 Å². The van der Waals surface area contributed by atoms with E-state index < -0.39 is 10.0 Å². The molecule has 1 saturated carbocycles. The number of sulfonamides is 1. The Morgan fingerprint density at radius 3 is 2.59 bits per heavy atom. The molecule has 2 N–H and O–H groups in total. The number of carbonyl (C=O) groups excluding carboxylic acids is 2. The number of nitrogens with one attached hydrogen (secondary N) is 2. The lowest BCUT2D eigenvalue weighted by molar-refractivity contribution is -0.121. The van der Waals surface area contributed by atoms with Crippen molar-refractivity contribution in [3.05, 3.63) is 23.8 Å². The molecule has 0 unspecified atom stereocenters. The number of hydrogen-bond donors (Lipinski definition) is 2. The van der Waals surface area contributed by atoms with Gasteiger partial charge in [0.2, 0.25) is 21.8 Å². The Bertz CT molecular complexity index is 831. The van der Waals surface area contributed by atoms with Crippen molar-refractivity contribution >= 4 is 27.5 Å². The Balaban J connectivity index is 1.60. The van der Waals surface area contributed by atoms with Gasteiger partial charge >= 0.3 is 0 Å². The van der Waals surface area contributed by atoms with Crippen LogP contribution in [-0.4, -0.2) is 38.9 Å². The van der Waals surface area contributed by atoms with E-state index >= 15 is 0 Å². The molecule has 8 heteroatoms. The van der Waals surface area contributed by atoms with Crippen LogP contribution in [0.5, 0.6) is 0 Å². The van der Waals surface area contributed by atoms with Gasteiger partial charge in [-0.1, -0.05) is 12.8 Å². The van der Waals surface area contributed by atoms with Gasteiger partial charge in [0, 0.05) is 37.7 Å². The highest BCUT2D eigenvalue weighted by Gasteiger charge is 2.30. The quantitative estimate of drug-likeness (QED) is 0.769. The molecule has 1 aliphatic carbocycles. The lowest BCUT2D eigenvalue weighted by Gasteiger charge is -2.20. The molecule has 0 aromatic heterocycles. The van der Waals surface area contributed by atoms with Gasteiger partial charge in [0.25, 0.3) is 0 Å². The molecule has 1 aliphatic heterocycles. The maximum atomic E-state index is 12.5. The zero-order valence-electron chi connectivity index (χ0n) is 15.8. The molecule has 0 bridgehead atoms. The summed E-state index contributed by atoms with van der Waals surface area (Å²) < 4.78 is 27.6. The second-order valence-electron chi connectivity index (χ2n) is 7.43. The highest BCUT2D eigenvalue weighted by molar-refractivity contribution is 7.89. The minimum absolute atomic E-state index is 0.0164. The monoisotopic (exact) mass is 393 g/mol. The third kappa shape index (κ3) is 4.50. The fraction of sp³-hybridized carbons (Fsp3) is 0.579. The fourth-order valence-corrected chi connectivity index (χ4v) is 5.09. The third-order valence-corrected chi connectivity index (χ3v) is 6.74. The highest BCUT2D eigenvalue weighted by Crippen LogP contribution is 2.33. The van der Waals surface area contributed by atoms with Crippen molar-refractivity contribution < 1.29 is 18.0 Å². The largest absolute Gasteiger partial charge is 0.353 e. The van der Waals surface area contributed by atoms with E-state index in [4.69, 9.17) is 0 Å². The summed E-state index contributed by atoms with van der Waals surface area (Å²) in [5, 5.41) is 2.95. The molecular weight excluding hydrogens is 366 g/mol. The number of anilines is 1. The summed E-state index contributed by atoms with van der Waals surface area (Å²) in [4.78, 5) is 25.6. The number of benzene rings is 1. The summed E-state index contributed by atoms with van der Waals surface area (Å²) in [7, 11) is -3.69. The molecule has 0 saturated heterocycles. The SMILES string of the molecule is CC(=O)N1c2ccc(S(=O)(=O)NCCC(=O)NC3CCCC3)cc2C[C@H]1C. The van der Waals surface area contributed by atoms with E-state index in [0.29, 0.717) is 6.42 Å². The molecule has 148 valence electrons. The molecular formula is C19H27N3O4S. The molecule has 3 rings (SSSR count). The number of rotatable bonds is 6. The predicted octanol–water partition coefficient (Wildman–Crippen LogP) is 1.71. The van der Waals surface area contributed by atoms with Gasteiger partial charge in [0.05, 0.1) is 4.90 Å². The number of fused-ring (bicyclic) bond motifs is 1. The van der Waals surface area contributed by atoms with Gasteiger partial charge in [-0.05, 0) is 49.9 Å². The van der Waals surface area contributed by atoms with Crippen molar-refractivity contribution in [2.24, 2.45) is 0 Å². The molecule has 0 radical (unpaired) electrons. The third-order valence-electron chi connectivity index (χ3n) is 5.28. The van der Waals surface area contributed by atoms with E-state index in [0.717, 1.165) is 36.9 Å². The van der Waals surface area contributed by atoms with Crippen LogP contribution in [0.1, 0.15) is 51.5 Å². The van der Waals surface area contributed by atoms with Gasteiger partial charge in [-0.2, -0.15) is 0 Å². The first kappa shape index (κ1) is 19.8. The van der Waals surface area contributed by atoms with Crippen molar-refractivity contribution in [1.29, 1.82) is 0 Å². The number of amides is 2. The lowest BCUT2D eigenvalue weighted by atomic mass is 10.1. The Morgan fingerprint density at radius 1 is 1.22 bits per heavy atom. The van der Waals surface area contributed by atoms with Crippen LogP contribution in [-0.2, 0) is 26.0 Å². The average molecular weight is 394 g/mol. The predicted molar refractivity (Wildman–Crippen MR) is 103 cm³/mol. The number of nitrogens with zero attached hydrogens (tertiary/aromatic N) is 1. The fourth-order valence-electron chi connectivity index (χ4n) is 4.01. The van der Waals surface area contributed by atoms with Gasteiger partial charge < -0.3 is 10.2 Å². The zero-order valence-corrected chi connectivity index (χ0v) is 16.6. The first-order chi connectivity index (χ1) is 12.8. The van der Waals surface area contributed by atoms with Gasteiger partial charge in [-0.3, -0.25) is 9.59 Å². The zero-order chi connectivity index (χ0) is 19.6. The van der Waals surface area contributed by atoms with E-state index in [1.165, 1.54) is 13.0 Å². The van der Waals surface area contributed by atoms with Crippen LogP contribution in [0.2, 0.25) is 0 Å². The summed E-state index contributed by atoms with van der Waals surface area (Å²) in [5.74, 6) is -0.173. The average Bonchev–Trinajstić information content (AvgIpc) is 3.20. The highest BCUT2D eigenvalue weighted by atomic mass is 32.2. The van der Waals surface area contributed by atoms with Crippen molar-refractivity contribution in [3.8, 4) is 0 Å². The van der Waals surface area contributed by atoms with Crippen molar-refractivity contribution in [2.75, 3.05) is 11.4 Å². The minimum Gasteiger partial charge on any atom is -0.353 e. The molecule has 2 amide bonds. The summed E-state index contributed by atoms with van der Waals surface area (Å²) in [6.45, 7) is 3.51. The van der Waals surface area contributed by atoms with E-state index in [9.17, 15) is 18.0 Å². The van der Waals surface area contributed by atoms with E-state index in [2.05, 4.69) is 10.0 Å². The van der Waals surface area contributed by atoms with Gasteiger partial charge in [0.15, 0.2) is 0 Å². The van der Waals surface area contributed by atoms with E-state index in [-0.39, 0.29) is 41.8 Å². The molecule has 1 aromatic carbocycles. The smallest absolute Gasteiger partial charge is 0.240 e.